The number of rotatable bonds is 5. The maximum absolute atomic E-state index is 10.9. The SMILES string of the molecule is C#CCCCC(=O)NS(=O)(=O)NC. The summed E-state index contributed by atoms with van der Waals surface area (Å²) in [5.74, 6) is 1.80. The fourth-order valence-electron chi connectivity index (χ4n) is 0.603. The molecule has 0 aromatic rings. The van der Waals surface area contributed by atoms with Gasteiger partial charge >= 0.3 is 10.2 Å². The molecular formula is C7H12N2O3S. The molecular weight excluding hydrogens is 192 g/mol. The van der Waals surface area contributed by atoms with Gasteiger partial charge in [0.25, 0.3) is 0 Å². The number of amides is 1. The van der Waals surface area contributed by atoms with Gasteiger partial charge in [0.1, 0.15) is 0 Å². The first-order valence-electron chi connectivity index (χ1n) is 3.69. The second kappa shape index (κ2) is 5.56. The summed E-state index contributed by atoms with van der Waals surface area (Å²) in [6.07, 6.45) is 6.02. The van der Waals surface area contributed by atoms with Crippen LogP contribution in [-0.4, -0.2) is 21.4 Å². The van der Waals surface area contributed by atoms with Crippen LogP contribution in [0.4, 0.5) is 0 Å². The summed E-state index contributed by atoms with van der Waals surface area (Å²) in [6.45, 7) is 0. The van der Waals surface area contributed by atoms with E-state index in [4.69, 9.17) is 6.42 Å². The average Bonchev–Trinajstić information content (AvgIpc) is 2.04. The van der Waals surface area contributed by atoms with E-state index in [1.54, 1.807) is 0 Å². The van der Waals surface area contributed by atoms with Crippen molar-refractivity contribution in [3.63, 3.8) is 0 Å². The van der Waals surface area contributed by atoms with E-state index in [-0.39, 0.29) is 6.42 Å². The van der Waals surface area contributed by atoms with Crippen LogP contribution in [0.3, 0.4) is 0 Å². The molecule has 0 aliphatic rings. The fourth-order valence-corrected chi connectivity index (χ4v) is 1.11. The summed E-state index contributed by atoms with van der Waals surface area (Å²) in [6, 6.07) is 0. The monoisotopic (exact) mass is 204 g/mol. The Morgan fingerprint density at radius 1 is 1.54 bits per heavy atom. The van der Waals surface area contributed by atoms with E-state index in [1.807, 2.05) is 9.44 Å². The summed E-state index contributed by atoms with van der Waals surface area (Å²) in [5, 5.41) is 0. The number of terminal acetylenes is 1. The fraction of sp³-hybridized carbons (Fsp3) is 0.571. The van der Waals surface area contributed by atoms with Gasteiger partial charge in [-0.25, -0.2) is 9.44 Å². The maximum atomic E-state index is 10.9. The number of carbonyl (C=O) groups excluding carboxylic acids is 1. The Kier molecular flexibility index (Phi) is 5.11. The Balaban J connectivity index is 3.84. The topological polar surface area (TPSA) is 75.3 Å². The van der Waals surface area contributed by atoms with Crippen molar-refractivity contribution < 1.29 is 13.2 Å². The molecule has 0 fully saturated rings. The third kappa shape index (κ3) is 6.13. The molecule has 0 spiro atoms. The van der Waals surface area contributed by atoms with Crippen molar-refractivity contribution in [3.05, 3.63) is 0 Å². The van der Waals surface area contributed by atoms with E-state index in [0.717, 1.165) is 0 Å². The van der Waals surface area contributed by atoms with Crippen molar-refractivity contribution in [2.75, 3.05) is 7.05 Å². The van der Waals surface area contributed by atoms with Crippen LogP contribution in [0.1, 0.15) is 19.3 Å². The van der Waals surface area contributed by atoms with Crippen LogP contribution in [-0.2, 0) is 15.0 Å². The summed E-state index contributed by atoms with van der Waals surface area (Å²) in [5.41, 5.74) is 0. The van der Waals surface area contributed by atoms with Crippen LogP contribution in [0.25, 0.3) is 0 Å². The van der Waals surface area contributed by atoms with Gasteiger partial charge in [0.15, 0.2) is 0 Å². The number of nitrogens with one attached hydrogen (secondary N) is 2. The van der Waals surface area contributed by atoms with Gasteiger partial charge < -0.3 is 0 Å². The van der Waals surface area contributed by atoms with Gasteiger partial charge in [-0.1, -0.05) is 0 Å². The first-order valence-corrected chi connectivity index (χ1v) is 5.17. The quantitative estimate of drug-likeness (QED) is 0.462. The highest BCUT2D eigenvalue weighted by Crippen LogP contribution is 1.93. The Labute approximate surface area is 78.1 Å². The second-order valence-electron chi connectivity index (χ2n) is 2.29. The van der Waals surface area contributed by atoms with Crippen molar-refractivity contribution in [1.29, 1.82) is 0 Å². The van der Waals surface area contributed by atoms with E-state index >= 15 is 0 Å². The van der Waals surface area contributed by atoms with E-state index < -0.39 is 16.1 Å². The van der Waals surface area contributed by atoms with Crippen molar-refractivity contribution in [2.24, 2.45) is 0 Å². The summed E-state index contributed by atoms with van der Waals surface area (Å²) in [4.78, 5) is 10.9. The minimum atomic E-state index is -3.66. The van der Waals surface area contributed by atoms with E-state index in [9.17, 15) is 13.2 Å². The zero-order valence-corrected chi connectivity index (χ0v) is 8.15. The van der Waals surface area contributed by atoms with Crippen LogP contribution in [0.5, 0.6) is 0 Å². The number of hydrogen-bond donors (Lipinski definition) is 2. The second-order valence-corrected chi connectivity index (χ2v) is 3.91. The van der Waals surface area contributed by atoms with Gasteiger partial charge in [-0.3, -0.25) is 4.79 Å². The lowest BCUT2D eigenvalue weighted by Crippen LogP contribution is -2.38. The van der Waals surface area contributed by atoms with Gasteiger partial charge in [-0.15, -0.1) is 12.3 Å². The smallest absolute Gasteiger partial charge is 0.274 e. The van der Waals surface area contributed by atoms with Crippen molar-refractivity contribution in [3.8, 4) is 12.3 Å². The molecule has 0 rings (SSSR count). The standard InChI is InChI=1S/C7H12N2O3S/c1-3-4-5-6-7(10)9-13(11,12)8-2/h1,8H,4-6H2,2H3,(H,9,10). The molecule has 0 aliphatic carbocycles. The van der Waals surface area contributed by atoms with Crippen LogP contribution >= 0.6 is 0 Å². The molecule has 0 aromatic heterocycles. The largest absolute Gasteiger partial charge is 0.301 e. The zero-order chi connectivity index (χ0) is 10.3. The van der Waals surface area contributed by atoms with Crippen LogP contribution in [0.15, 0.2) is 0 Å². The van der Waals surface area contributed by atoms with E-state index in [1.165, 1.54) is 7.05 Å². The maximum Gasteiger partial charge on any atom is 0.301 e. The van der Waals surface area contributed by atoms with Gasteiger partial charge in [0.05, 0.1) is 0 Å². The Hall–Kier alpha value is -1.06. The molecule has 0 unspecified atom stereocenters. The Bertz CT molecular complexity index is 302. The highest BCUT2D eigenvalue weighted by Gasteiger charge is 2.10. The molecule has 0 atom stereocenters. The molecule has 0 aliphatic heterocycles. The molecule has 0 aromatic carbocycles. The highest BCUT2D eigenvalue weighted by atomic mass is 32.2. The molecule has 0 bridgehead atoms. The normalized spacial score (nSPS) is 10.5. The average molecular weight is 204 g/mol. The lowest BCUT2D eigenvalue weighted by molar-refractivity contribution is -0.119. The molecule has 13 heavy (non-hydrogen) atoms. The molecule has 1 amide bonds. The Morgan fingerprint density at radius 2 is 2.15 bits per heavy atom. The lowest BCUT2D eigenvalue weighted by Gasteiger charge is -2.03. The first kappa shape index (κ1) is 11.9. The molecule has 0 radical (unpaired) electrons. The van der Waals surface area contributed by atoms with Crippen molar-refractivity contribution >= 4 is 16.1 Å². The van der Waals surface area contributed by atoms with Crippen LogP contribution < -0.4 is 9.44 Å². The predicted molar refractivity (Wildman–Crippen MR) is 48.8 cm³/mol. The minimum Gasteiger partial charge on any atom is -0.274 e. The van der Waals surface area contributed by atoms with E-state index in [0.29, 0.717) is 12.8 Å². The van der Waals surface area contributed by atoms with Gasteiger partial charge in [0, 0.05) is 19.9 Å². The van der Waals surface area contributed by atoms with Gasteiger partial charge in [-0.05, 0) is 6.42 Å². The van der Waals surface area contributed by atoms with Gasteiger partial charge in [-0.2, -0.15) is 8.42 Å². The van der Waals surface area contributed by atoms with Crippen molar-refractivity contribution in [2.45, 2.75) is 19.3 Å². The zero-order valence-electron chi connectivity index (χ0n) is 7.33. The molecule has 6 heteroatoms. The highest BCUT2D eigenvalue weighted by molar-refractivity contribution is 7.88. The Morgan fingerprint density at radius 3 is 2.62 bits per heavy atom. The molecule has 0 heterocycles. The summed E-state index contributed by atoms with van der Waals surface area (Å²) < 4.78 is 25.3. The van der Waals surface area contributed by atoms with Crippen LogP contribution in [0.2, 0.25) is 0 Å². The first-order chi connectivity index (χ1) is 6.02. The van der Waals surface area contributed by atoms with Crippen LogP contribution in [0, 0.1) is 12.3 Å². The predicted octanol–water partition coefficient (Wildman–Crippen LogP) is -0.630. The molecule has 74 valence electrons. The molecule has 0 saturated carbocycles. The third-order valence-electron chi connectivity index (χ3n) is 1.24. The number of unbranched alkanes of at least 4 members (excludes halogenated alkanes) is 1. The minimum absolute atomic E-state index is 0.116. The summed E-state index contributed by atoms with van der Waals surface area (Å²) >= 11 is 0. The number of hydrogen-bond acceptors (Lipinski definition) is 3. The number of carbonyl (C=O) groups is 1. The molecule has 5 nitrogen and oxygen atoms in total. The van der Waals surface area contributed by atoms with Crippen molar-refractivity contribution in [1.82, 2.24) is 9.44 Å². The lowest BCUT2D eigenvalue weighted by atomic mass is 10.2. The van der Waals surface area contributed by atoms with E-state index in [2.05, 4.69) is 5.92 Å². The summed E-state index contributed by atoms with van der Waals surface area (Å²) in [7, 11) is -2.44. The third-order valence-corrected chi connectivity index (χ3v) is 2.28. The molecule has 2 N–H and O–H groups in total. The molecule has 0 saturated heterocycles. The van der Waals surface area contributed by atoms with Gasteiger partial charge in [0.2, 0.25) is 5.91 Å².